The summed E-state index contributed by atoms with van der Waals surface area (Å²) < 4.78 is 0.244. The standard InChI is InChI=1S/C7H8Cl2O2/c8-6(9)4-1-2-5(3-4)7(10)11/h5H,1-3H2,(H,10,11)/t5-/m1/s1. The smallest absolute Gasteiger partial charge is 0.306 e. The number of allylic oxidation sites excluding steroid dienone is 1. The Bertz CT molecular complexity index is 206. The Balaban J connectivity index is 2.61. The number of rotatable bonds is 1. The first-order valence-electron chi connectivity index (χ1n) is 3.37. The van der Waals surface area contributed by atoms with Gasteiger partial charge < -0.3 is 5.11 Å². The van der Waals surface area contributed by atoms with E-state index in [2.05, 4.69) is 0 Å². The predicted molar refractivity (Wildman–Crippen MR) is 43.7 cm³/mol. The van der Waals surface area contributed by atoms with E-state index in [0.717, 1.165) is 12.0 Å². The molecule has 1 atom stereocenters. The van der Waals surface area contributed by atoms with Crippen LogP contribution in [0.1, 0.15) is 19.3 Å². The highest BCUT2D eigenvalue weighted by atomic mass is 35.5. The van der Waals surface area contributed by atoms with Gasteiger partial charge in [-0.25, -0.2) is 0 Å². The van der Waals surface area contributed by atoms with Crippen molar-refractivity contribution >= 4 is 29.2 Å². The van der Waals surface area contributed by atoms with Gasteiger partial charge in [-0.3, -0.25) is 4.79 Å². The molecular weight excluding hydrogens is 187 g/mol. The minimum atomic E-state index is -0.755. The zero-order valence-corrected chi connectivity index (χ0v) is 7.32. The zero-order chi connectivity index (χ0) is 8.43. The average molecular weight is 195 g/mol. The molecule has 1 rings (SSSR count). The minimum Gasteiger partial charge on any atom is -0.481 e. The van der Waals surface area contributed by atoms with Crippen molar-refractivity contribution in [1.29, 1.82) is 0 Å². The van der Waals surface area contributed by atoms with Crippen molar-refractivity contribution in [2.45, 2.75) is 19.3 Å². The second-order valence-electron chi connectivity index (χ2n) is 2.64. The van der Waals surface area contributed by atoms with Gasteiger partial charge in [0.15, 0.2) is 0 Å². The molecule has 0 bridgehead atoms. The Morgan fingerprint density at radius 3 is 2.45 bits per heavy atom. The summed E-state index contributed by atoms with van der Waals surface area (Å²) in [5.41, 5.74) is 0.876. The van der Waals surface area contributed by atoms with Gasteiger partial charge in [0, 0.05) is 0 Å². The van der Waals surface area contributed by atoms with Crippen molar-refractivity contribution in [2.75, 3.05) is 0 Å². The highest BCUT2D eigenvalue weighted by Gasteiger charge is 2.26. The molecule has 0 aromatic heterocycles. The molecule has 0 amide bonds. The fraction of sp³-hybridized carbons (Fsp3) is 0.571. The lowest BCUT2D eigenvalue weighted by Gasteiger charge is -1.98. The predicted octanol–water partition coefficient (Wildman–Crippen LogP) is 2.56. The molecule has 0 unspecified atom stereocenters. The van der Waals surface area contributed by atoms with Crippen LogP contribution in [0.4, 0.5) is 0 Å². The number of carboxylic acid groups (broad SMARTS) is 1. The van der Waals surface area contributed by atoms with Crippen LogP contribution in [-0.4, -0.2) is 11.1 Å². The van der Waals surface area contributed by atoms with E-state index in [9.17, 15) is 4.79 Å². The zero-order valence-electron chi connectivity index (χ0n) is 5.81. The summed E-state index contributed by atoms with van der Waals surface area (Å²) in [5.74, 6) is -1.04. The maximum Gasteiger partial charge on any atom is 0.306 e. The van der Waals surface area contributed by atoms with Crippen LogP contribution in [-0.2, 0) is 4.79 Å². The van der Waals surface area contributed by atoms with Crippen LogP contribution in [0.15, 0.2) is 10.1 Å². The third kappa shape index (κ3) is 2.11. The van der Waals surface area contributed by atoms with Crippen LogP contribution in [0.2, 0.25) is 0 Å². The third-order valence-electron chi connectivity index (χ3n) is 1.90. The Kier molecular flexibility index (Phi) is 2.79. The summed E-state index contributed by atoms with van der Waals surface area (Å²) in [6, 6.07) is 0. The molecule has 0 saturated heterocycles. The molecule has 11 heavy (non-hydrogen) atoms. The van der Waals surface area contributed by atoms with E-state index in [-0.39, 0.29) is 10.4 Å². The van der Waals surface area contributed by atoms with E-state index in [1.165, 1.54) is 0 Å². The van der Waals surface area contributed by atoms with E-state index in [4.69, 9.17) is 28.3 Å². The molecule has 1 aliphatic rings. The van der Waals surface area contributed by atoms with Gasteiger partial charge in [-0.05, 0) is 24.8 Å². The summed E-state index contributed by atoms with van der Waals surface area (Å²) in [6.45, 7) is 0. The van der Waals surface area contributed by atoms with Gasteiger partial charge in [0.1, 0.15) is 4.49 Å². The lowest BCUT2D eigenvalue weighted by atomic mass is 10.1. The van der Waals surface area contributed by atoms with Gasteiger partial charge in [0.2, 0.25) is 0 Å². The molecule has 0 radical (unpaired) electrons. The molecule has 4 heteroatoms. The maximum atomic E-state index is 10.5. The molecule has 1 N–H and O–H groups in total. The van der Waals surface area contributed by atoms with E-state index >= 15 is 0 Å². The highest BCUT2D eigenvalue weighted by molar-refractivity contribution is 6.56. The SMILES string of the molecule is O=C(O)[C@@H]1CCC(=C(Cl)Cl)C1. The van der Waals surface area contributed by atoms with Crippen molar-refractivity contribution in [1.82, 2.24) is 0 Å². The summed E-state index contributed by atoms with van der Waals surface area (Å²) in [4.78, 5) is 10.5. The second kappa shape index (κ2) is 3.46. The van der Waals surface area contributed by atoms with E-state index in [0.29, 0.717) is 12.8 Å². The van der Waals surface area contributed by atoms with Crippen LogP contribution in [0.25, 0.3) is 0 Å². The van der Waals surface area contributed by atoms with Gasteiger partial charge in [0.05, 0.1) is 5.92 Å². The summed E-state index contributed by atoms with van der Waals surface area (Å²) in [6.07, 6.45) is 1.89. The first kappa shape index (κ1) is 8.88. The average Bonchev–Trinajstić information content (AvgIpc) is 2.33. The molecule has 0 aromatic rings. The largest absolute Gasteiger partial charge is 0.481 e. The monoisotopic (exact) mass is 194 g/mol. The number of halogens is 2. The minimum absolute atomic E-state index is 0.244. The Labute approximate surface area is 74.8 Å². The fourth-order valence-electron chi connectivity index (χ4n) is 1.23. The molecule has 1 fully saturated rings. The summed E-state index contributed by atoms with van der Waals surface area (Å²) in [7, 11) is 0. The normalized spacial score (nSPS) is 23.8. The third-order valence-corrected chi connectivity index (χ3v) is 2.44. The molecule has 2 nitrogen and oxygen atoms in total. The van der Waals surface area contributed by atoms with Crippen LogP contribution < -0.4 is 0 Å². The quantitative estimate of drug-likeness (QED) is 0.697. The highest BCUT2D eigenvalue weighted by Crippen LogP contribution is 2.34. The molecule has 62 valence electrons. The van der Waals surface area contributed by atoms with Gasteiger partial charge in [-0.1, -0.05) is 23.2 Å². The Morgan fingerprint density at radius 2 is 2.18 bits per heavy atom. The fourth-order valence-corrected chi connectivity index (χ4v) is 1.58. The van der Waals surface area contributed by atoms with Crippen LogP contribution in [0.5, 0.6) is 0 Å². The number of carbonyl (C=O) groups is 1. The number of hydrogen-bond donors (Lipinski definition) is 1. The van der Waals surface area contributed by atoms with Crippen molar-refractivity contribution < 1.29 is 9.90 Å². The van der Waals surface area contributed by atoms with Gasteiger partial charge in [0.25, 0.3) is 0 Å². The van der Waals surface area contributed by atoms with E-state index < -0.39 is 5.97 Å². The van der Waals surface area contributed by atoms with E-state index in [1.807, 2.05) is 0 Å². The Morgan fingerprint density at radius 1 is 1.55 bits per heavy atom. The molecular formula is C7H8Cl2O2. The van der Waals surface area contributed by atoms with Crippen molar-refractivity contribution in [3.63, 3.8) is 0 Å². The van der Waals surface area contributed by atoms with Gasteiger partial charge in [-0.2, -0.15) is 0 Å². The van der Waals surface area contributed by atoms with Crippen LogP contribution in [0, 0.1) is 5.92 Å². The van der Waals surface area contributed by atoms with Crippen molar-refractivity contribution in [3.8, 4) is 0 Å². The van der Waals surface area contributed by atoms with Crippen LogP contribution in [0.3, 0.4) is 0 Å². The van der Waals surface area contributed by atoms with E-state index in [1.54, 1.807) is 0 Å². The molecule has 1 saturated carbocycles. The first-order chi connectivity index (χ1) is 5.11. The van der Waals surface area contributed by atoms with Crippen molar-refractivity contribution in [2.24, 2.45) is 5.92 Å². The summed E-state index contributed by atoms with van der Waals surface area (Å²) in [5, 5.41) is 8.60. The summed E-state index contributed by atoms with van der Waals surface area (Å²) >= 11 is 11.0. The maximum absolute atomic E-state index is 10.5. The number of carboxylic acids is 1. The number of aliphatic carboxylic acids is 1. The lowest BCUT2D eigenvalue weighted by Crippen LogP contribution is -2.08. The van der Waals surface area contributed by atoms with Gasteiger partial charge in [-0.15, -0.1) is 0 Å². The first-order valence-corrected chi connectivity index (χ1v) is 4.12. The van der Waals surface area contributed by atoms with Crippen molar-refractivity contribution in [3.05, 3.63) is 10.1 Å². The lowest BCUT2D eigenvalue weighted by molar-refractivity contribution is -0.141. The molecule has 0 aliphatic heterocycles. The second-order valence-corrected chi connectivity index (χ2v) is 3.59. The topological polar surface area (TPSA) is 37.3 Å². The molecule has 0 spiro atoms. The van der Waals surface area contributed by atoms with Gasteiger partial charge >= 0.3 is 5.97 Å². The van der Waals surface area contributed by atoms with Crippen LogP contribution >= 0.6 is 23.2 Å². The molecule has 1 aliphatic carbocycles. The Hall–Kier alpha value is -0.210. The molecule has 0 aromatic carbocycles. The number of hydrogen-bond acceptors (Lipinski definition) is 1. The molecule has 0 heterocycles.